The molecule has 1 heterocycles. The molecule has 0 radical (unpaired) electrons. The minimum atomic E-state index is -4.71. The maximum Gasteiger partial charge on any atom is 0.394 e. The molecule has 1 aliphatic carbocycles. The van der Waals surface area contributed by atoms with Gasteiger partial charge in [-0.3, -0.25) is 4.98 Å². The van der Waals surface area contributed by atoms with E-state index in [9.17, 15) is 31.4 Å². The molecule has 0 saturated carbocycles. The van der Waals surface area contributed by atoms with Crippen LogP contribution in [0.1, 0.15) is 34.7 Å². The van der Waals surface area contributed by atoms with Gasteiger partial charge in [0.25, 0.3) is 0 Å². The molecule has 1 aliphatic rings. The molecule has 0 spiro atoms. The molecular weight excluding hydrogens is 378 g/mol. The summed E-state index contributed by atoms with van der Waals surface area (Å²) in [6.45, 7) is 0. The first-order valence-electron chi connectivity index (χ1n) is 7.54. The van der Waals surface area contributed by atoms with Gasteiger partial charge in [-0.25, -0.2) is 13.2 Å². The van der Waals surface area contributed by atoms with Gasteiger partial charge >= 0.3 is 6.18 Å². The van der Waals surface area contributed by atoms with Crippen molar-refractivity contribution < 1.29 is 36.2 Å². The van der Waals surface area contributed by atoms with Crippen LogP contribution < -0.4 is 4.74 Å². The number of hydrogen-bond donors (Lipinski definition) is 1. The van der Waals surface area contributed by atoms with Crippen LogP contribution in [-0.2, 0) is 6.42 Å². The largest absolute Gasteiger partial charge is 0.455 e. The Bertz CT molecular complexity index is 925. The summed E-state index contributed by atoms with van der Waals surface area (Å²) in [5.74, 6) is -1.58. The van der Waals surface area contributed by atoms with E-state index in [0.717, 1.165) is 24.4 Å². The Morgan fingerprint density at radius 1 is 1.19 bits per heavy atom. The summed E-state index contributed by atoms with van der Waals surface area (Å²) in [6.07, 6.45) is -12.7. The van der Waals surface area contributed by atoms with Crippen molar-refractivity contribution in [1.29, 1.82) is 5.26 Å². The lowest BCUT2D eigenvalue weighted by Gasteiger charge is -2.16. The fourth-order valence-electron chi connectivity index (χ4n) is 2.88. The Hall–Kier alpha value is -2.80. The molecule has 0 bridgehead atoms. The maximum absolute atomic E-state index is 14.3. The number of fused-ring (bicyclic) bond motifs is 1. The summed E-state index contributed by atoms with van der Waals surface area (Å²) < 4.78 is 85.1. The van der Waals surface area contributed by atoms with Crippen LogP contribution in [0.2, 0.25) is 0 Å². The minimum absolute atomic E-state index is 0.122. The first-order chi connectivity index (χ1) is 12.6. The van der Waals surface area contributed by atoms with Gasteiger partial charge in [-0.1, -0.05) is 0 Å². The second-order valence-corrected chi connectivity index (χ2v) is 5.87. The topological polar surface area (TPSA) is 66.1 Å². The number of benzene rings is 1. The number of nitriles is 1. The lowest BCUT2D eigenvalue weighted by Crippen LogP contribution is -2.16. The summed E-state index contributed by atoms with van der Waals surface area (Å²) in [5, 5.41) is 18.7. The first-order valence-corrected chi connectivity index (χ1v) is 7.54. The van der Waals surface area contributed by atoms with Crippen LogP contribution >= 0.6 is 0 Å². The van der Waals surface area contributed by atoms with Gasteiger partial charge in [0.15, 0.2) is 18.1 Å². The summed E-state index contributed by atoms with van der Waals surface area (Å²) in [6, 6.07) is 4.52. The average Bonchev–Trinajstić information content (AvgIpc) is 2.80. The van der Waals surface area contributed by atoms with Crippen LogP contribution in [-0.4, -0.2) is 22.4 Å². The summed E-state index contributed by atoms with van der Waals surface area (Å²) in [7, 11) is 0. The van der Waals surface area contributed by atoms with E-state index in [2.05, 4.69) is 4.98 Å². The molecule has 4 nitrogen and oxygen atoms in total. The zero-order valence-corrected chi connectivity index (χ0v) is 13.3. The Morgan fingerprint density at radius 2 is 1.89 bits per heavy atom. The summed E-state index contributed by atoms with van der Waals surface area (Å²) in [4.78, 5) is 3.52. The van der Waals surface area contributed by atoms with Crippen molar-refractivity contribution in [2.45, 2.75) is 31.0 Å². The molecule has 10 heteroatoms. The Balaban J connectivity index is 2.08. The van der Waals surface area contributed by atoms with Crippen LogP contribution in [0, 0.1) is 17.1 Å². The third-order valence-electron chi connectivity index (χ3n) is 3.95. The SMILES string of the molecule is N#Cc1cc(F)cc(Oc2cnc(CC(F)(F)F)c3c2C(F)C(F)C3O)c1. The number of aliphatic hydroxyl groups excluding tert-OH is 1. The average molecular weight is 388 g/mol. The molecule has 3 atom stereocenters. The third kappa shape index (κ3) is 3.68. The Kier molecular flexibility index (Phi) is 4.73. The van der Waals surface area contributed by atoms with Crippen molar-refractivity contribution in [3.8, 4) is 17.6 Å². The number of alkyl halides is 5. The van der Waals surface area contributed by atoms with Gasteiger partial charge < -0.3 is 9.84 Å². The fourth-order valence-corrected chi connectivity index (χ4v) is 2.88. The number of halogens is 6. The second-order valence-electron chi connectivity index (χ2n) is 5.87. The fraction of sp³-hybridized carbons (Fsp3) is 0.294. The van der Waals surface area contributed by atoms with E-state index in [4.69, 9.17) is 10.00 Å². The Labute approximate surface area is 148 Å². The highest BCUT2D eigenvalue weighted by molar-refractivity contribution is 5.51. The van der Waals surface area contributed by atoms with E-state index in [-0.39, 0.29) is 11.3 Å². The maximum atomic E-state index is 14.3. The van der Waals surface area contributed by atoms with Gasteiger partial charge in [-0.05, 0) is 12.1 Å². The quantitative estimate of drug-likeness (QED) is 0.793. The molecule has 3 unspecified atom stereocenters. The van der Waals surface area contributed by atoms with Gasteiger partial charge in [0.1, 0.15) is 17.7 Å². The molecule has 27 heavy (non-hydrogen) atoms. The van der Waals surface area contributed by atoms with E-state index < -0.39 is 59.4 Å². The normalized spacial score (nSPS) is 21.6. The zero-order valence-electron chi connectivity index (χ0n) is 13.3. The van der Waals surface area contributed by atoms with E-state index in [1.807, 2.05) is 0 Å². The Morgan fingerprint density at radius 3 is 2.52 bits per heavy atom. The van der Waals surface area contributed by atoms with Crippen molar-refractivity contribution >= 4 is 0 Å². The number of nitrogens with zero attached hydrogens (tertiary/aromatic N) is 2. The molecular formula is C17H10F6N2O2. The predicted molar refractivity (Wildman–Crippen MR) is 78.9 cm³/mol. The van der Waals surface area contributed by atoms with Crippen molar-refractivity contribution in [3.63, 3.8) is 0 Å². The molecule has 1 aromatic heterocycles. The number of ether oxygens (including phenoxy) is 1. The molecule has 142 valence electrons. The first kappa shape index (κ1) is 19.0. The number of aromatic nitrogens is 1. The highest BCUT2D eigenvalue weighted by Crippen LogP contribution is 2.49. The molecule has 0 fully saturated rings. The smallest absolute Gasteiger partial charge is 0.394 e. The van der Waals surface area contributed by atoms with Crippen molar-refractivity contribution in [1.82, 2.24) is 4.98 Å². The van der Waals surface area contributed by atoms with Crippen LogP contribution in [0.5, 0.6) is 11.5 Å². The lowest BCUT2D eigenvalue weighted by atomic mass is 10.0. The molecule has 3 rings (SSSR count). The van der Waals surface area contributed by atoms with Gasteiger partial charge in [0, 0.05) is 17.2 Å². The molecule has 0 saturated heterocycles. The number of aliphatic hydroxyl groups is 1. The third-order valence-corrected chi connectivity index (χ3v) is 3.95. The molecule has 0 amide bonds. The van der Waals surface area contributed by atoms with E-state index in [1.165, 1.54) is 0 Å². The summed E-state index contributed by atoms with van der Waals surface area (Å²) in [5.41, 5.74) is -2.10. The highest BCUT2D eigenvalue weighted by atomic mass is 19.4. The van der Waals surface area contributed by atoms with E-state index in [0.29, 0.717) is 0 Å². The van der Waals surface area contributed by atoms with E-state index in [1.54, 1.807) is 6.07 Å². The standard InChI is InChI=1S/C17H10F6N2O2/c18-8-1-7(5-24)2-9(3-8)27-11-6-25-10(4-17(21,22)23)12-13(11)14(19)15(20)16(12)26/h1-3,6,14-16,26H,4H2. The van der Waals surface area contributed by atoms with Crippen LogP contribution in [0.25, 0.3) is 0 Å². The van der Waals surface area contributed by atoms with Gasteiger partial charge in [-0.15, -0.1) is 0 Å². The van der Waals surface area contributed by atoms with Crippen LogP contribution in [0.3, 0.4) is 0 Å². The zero-order chi connectivity index (χ0) is 19.9. The minimum Gasteiger partial charge on any atom is -0.455 e. The predicted octanol–water partition coefficient (Wildman–Crippen LogP) is 4.39. The molecule has 2 aromatic rings. The van der Waals surface area contributed by atoms with Crippen LogP contribution in [0.15, 0.2) is 24.4 Å². The number of rotatable bonds is 3. The highest BCUT2D eigenvalue weighted by Gasteiger charge is 2.46. The van der Waals surface area contributed by atoms with E-state index >= 15 is 0 Å². The lowest BCUT2D eigenvalue weighted by molar-refractivity contribution is -0.128. The summed E-state index contributed by atoms with van der Waals surface area (Å²) >= 11 is 0. The second kappa shape index (κ2) is 6.74. The van der Waals surface area contributed by atoms with Gasteiger partial charge in [0.2, 0.25) is 0 Å². The van der Waals surface area contributed by atoms with Crippen molar-refractivity contribution in [2.24, 2.45) is 0 Å². The van der Waals surface area contributed by atoms with Crippen LogP contribution in [0.4, 0.5) is 26.3 Å². The van der Waals surface area contributed by atoms with Gasteiger partial charge in [-0.2, -0.15) is 18.4 Å². The molecule has 1 aromatic carbocycles. The molecule has 1 N–H and O–H groups in total. The van der Waals surface area contributed by atoms with Crippen molar-refractivity contribution in [3.05, 3.63) is 52.6 Å². The molecule has 0 aliphatic heterocycles. The number of pyridine rings is 1. The number of hydrogen-bond acceptors (Lipinski definition) is 4. The van der Waals surface area contributed by atoms with Crippen molar-refractivity contribution in [2.75, 3.05) is 0 Å². The van der Waals surface area contributed by atoms with Gasteiger partial charge in [0.05, 0.1) is 29.9 Å². The monoisotopic (exact) mass is 388 g/mol.